The lowest BCUT2D eigenvalue weighted by Crippen LogP contribution is -2.36. The summed E-state index contributed by atoms with van der Waals surface area (Å²) in [5.74, 6) is 0.184. The van der Waals surface area contributed by atoms with Gasteiger partial charge in [-0.3, -0.25) is 0 Å². The summed E-state index contributed by atoms with van der Waals surface area (Å²) < 4.78 is 10.5. The van der Waals surface area contributed by atoms with Crippen molar-refractivity contribution in [2.24, 2.45) is 0 Å². The van der Waals surface area contributed by atoms with Gasteiger partial charge in [0.2, 0.25) is 11.2 Å². The van der Waals surface area contributed by atoms with Crippen molar-refractivity contribution >= 4 is 17.7 Å². The molecule has 7 nitrogen and oxygen atoms in total. The molecular formula is C13H17ClN4O3. The van der Waals surface area contributed by atoms with Crippen molar-refractivity contribution in [3.05, 3.63) is 17.0 Å². The number of hydrogen-bond acceptors (Lipinski definition) is 6. The van der Waals surface area contributed by atoms with Crippen LogP contribution in [-0.2, 0) is 4.74 Å². The maximum atomic E-state index is 11.7. The summed E-state index contributed by atoms with van der Waals surface area (Å²) in [6.07, 6.45) is -0.440. The zero-order valence-electron chi connectivity index (χ0n) is 12.4. The molecule has 1 rings (SSSR count). The number of nitriles is 1. The van der Waals surface area contributed by atoms with Gasteiger partial charge in [0, 0.05) is 13.1 Å². The van der Waals surface area contributed by atoms with Gasteiger partial charge in [-0.25, -0.2) is 9.78 Å². The molecule has 0 aliphatic heterocycles. The third kappa shape index (κ3) is 6.27. The quantitative estimate of drug-likeness (QED) is 0.792. The van der Waals surface area contributed by atoms with Gasteiger partial charge < -0.3 is 14.4 Å². The fraction of sp³-hybridized carbons (Fsp3) is 0.538. The standard InChI is InChI=1S/C13H17ClN4O3/c1-13(2,3)21-12(19)18(4)5-6-20-10-7-9(8-15)16-11(14)17-10/h7H,5-6H2,1-4H3. The Hall–Kier alpha value is -2.07. The minimum Gasteiger partial charge on any atom is -0.476 e. The van der Waals surface area contributed by atoms with E-state index in [-0.39, 0.29) is 23.5 Å². The first-order valence-corrected chi connectivity index (χ1v) is 6.60. The molecule has 0 spiro atoms. The second-order valence-electron chi connectivity index (χ2n) is 5.22. The number of nitrogens with zero attached hydrogens (tertiary/aromatic N) is 4. The Bertz CT molecular complexity index is 551. The van der Waals surface area contributed by atoms with Gasteiger partial charge in [-0.05, 0) is 32.4 Å². The van der Waals surface area contributed by atoms with Gasteiger partial charge in [-0.2, -0.15) is 10.2 Å². The van der Waals surface area contributed by atoms with Crippen molar-refractivity contribution in [3.8, 4) is 11.9 Å². The summed E-state index contributed by atoms with van der Waals surface area (Å²) in [7, 11) is 1.60. The molecule has 21 heavy (non-hydrogen) atoms. The average Bonchev–Trinajstić information content (AvgIpc) is 2.35. The monoisotopic (exact) mass is 312 g/mol. The first-order chi connectivity index (χ1) is 9.71. The molecule has 0 bridgehead atoms. The highest BCUT2D eigenvalue weighted by atomic mass is 35.5. The van der Waals surface area contributed by atoms with Crippen LogP contribution in [0.1, 0.15) is 26.5 Å². The van der Waals surface area contributed by atoms with Crippen LogP contribution in [-0.4, -0.2) is 46.8 Å². The maximum absolute atomic E-state index is 11.7. The second-order valence-corrected chi connectivity index (χ2v) is 5.56. The van der Waals surface area contributed by atoms with Crippen molar-refractivity contribution in [2.75, 3.05) is 20.2 Å². The van der Waals surface area contributed by atoms with Crippen LogP contribution in [0.4, 0.5) is 4.79 Å². The Morgan fingerprint density at radius 1 is 1.48 bits per heavy atom. The average molecular weight is 313 g/mol. The van der Waals surface area contributed by atoms with Crippen molar-refractivity contribution in [3.63, 3.8) is 0 Å². The molecule has 8 heteroatoms. The summed E-state index contributed by atoms with van der Waals surface area (Å²) >= 11 is 5.66. The molecule has 1 aromatic rings. The molecule has 0 aliphatic rings. The predicted octanol–water partition coefficient (Wildman–Crippen LogP) is 2.25. The molecule has 1 aromatic heterocycles. The Kier molecular flexibility index (Phi) is 5.73. The SMILES string of the molecule is CN(CCOc1cc(C#N)nc(Cl)n1)C(=O)OC(C)(C)C. The molecule has 0 saturated carbocycles. The zero-order chi connectivity index (χ0) is 16.0. The van der Waals surface area contributed by atoms with E-state index in [1.165, 1.54) is 11.0 Å². The van der Waals surface area contributed by atoms with E-state index in [2.05, 4.69) is 9.97 Å². The molecule has 0 fully saturated rings. The lowest BCUT2D eigenvalue weighted by atomic mass is 10.2. The molecule has 0 aliphatic carbocycles. The molecule has 0 N–H and O–H groups in total. The van der Waals surface area contributed by atoms with Crippen molar-refractivity contribution in [2.45, 2.75) is 26.4 Å². The molecule has 0 atom stereocenters. The predicted molar refractivity (Wildman–Crippen MR) is 76.1 cm³/mol. The van der Waals surface area contributed by atoms with Crippen molar-refractivity contribution < 1.29 is 14.3 Å². The molecule has 1 heterocycles. The zero-order valence-corrected chi connectivity index (χ0v) is 13.1. The van der Waals surface area contributed by atoms with Gasteiger partial charge in [0.15, 0.2) is 0 Å². The largest absolute Gasteiger partial charge is 0.476 e. The fourth-order valence-electron chi connectivity index (χ4n) is 1.25. The number of amides is 1. The van der Waals surface area contributed by atoms with Crippen LogP contribution < -0.4 is 4.74 Å². The molecule has 0 aromatic carbocycles. The first-order valence-electron chi connectivity index (χ1n) is 6.23. The van der Waals surface area contributed by atoms with E-state index >= 15 is 0 Å². The van der Waals surface area contributed by atoms with E-state index in [1.54, 1.807) is 27.8 Å². The van der Waals surface area contributed by atoms with Gasteiger partial charge in [0.1, 0.15) is 24.0 Å². The Labute approximate surface area is 128 Å². The van der Waals surface area contributed by atoms with Crippen LogP contribution in [0, 0.1) is 11.3 Å². The number of aromatic nitrogens is 2. The lowest BCUT2D eigenvalue weighted by molar-refractivity contribution is 0.0277. The molecule has 114 valence electrons. The third-order valence-corrected chi connectivity index (χ3v) is 2.34. The number of ether oxygens (including phenoxy) is 2. The van der Waals surface area contributed by atoms with Crippen LogP contribution in [0.3, 0.4) is 0 Å². The van der Waals surface area contributed by atoms with Crippen LogP contribution in [0.15, 0.2) is 6.07 Å². The molecule has 0 saturated heterocycles. The molecule has 0 unspecified atom stereocenters. The van der Waals surface area contributed by atoms with Crippen molar-refractivity contribution in [1.82, 2.24) is 14.9 Å². The maximum Gasteiger partial charge on any atom is 0.410 e. The van der Waals surface area contributed by atoms with Gasteiger partial charge in [-0.15, -0.1) is 0 Å². The van der Waals surface area contributed by atoms with E-state index < -0.39 is 11.7 Å². The first kappa shape index (κ1) is 17.0. The van der Waals surface area contributed by atoms with Crippen LogP contribution in [0.2, 0.25) is 5.28 Å². The summed E-state index contributed by atoms with van der Waals surface area (Å²) in [6, 6.07) is 3.23. The molecular weight excluding hydrogens is 296 g/mol. The van der Waals surface area contributed by atoms with E-state index in [4.69, 9.17) is 26.3 Å². The number of carbonyl (C=O) groups excluding carboxylic acids is 1. The number of hydrogen-bond donors (Lipinski definition) is 0. The van der Waals surface area contributed by atoms with Gasteiger partial charge in [0.25, 0.3) is 0 Å². The van der Waals surface area contributed by atoms with Crippen LogP contribution in [0.5, 0.6) is 5.88 Å². The summed E-state index contributed by atoms with van der Waals surface area (Å²) in [6.45, 7) is 5.87. The van der Waals surface area contributed by atoms with Crippen LogP contribution in [0.25, 0.3) is 0 Å². The minimum absolute atomic E-state index is 0.0652. The highest BCUT2D eigenvalue weighted by Crippen LogP contribution is 2.12. The Morgan fingerprint density at radius 3 is 2.71 bits per heavy atom. The lowest BCUT2D eigenvalue weighted by Gasteiger charge is -2.24. The Balaban J connectivity index is 2.48. The summed E-state index contributed by atoms with van der Waals surface area (Å²) in [4.78, 5) is 20.6. The number of likely N-dealkylation sites (N-methyl/N-ethyl adjacent to an activating group) is 1. The summed E-state index contributed by atoms with van der Waals surface area (Å²) in [5, 5.41) is 8.69. The second kappa shape index (κ2) is 7.09. The number of halogens is 1. The minimum atomic E-state index is -0.548. The van der Waals surface area contributed by atoms with E-state index in [9.17, 15) is 4.79 Å². The topological polar surface area (TPSA) is 88.3 Å². The van der Waals surface area contributed by atoms with E-state index in [0.29, 0.717) is 6.54 Å². The highest BCUT2D eigenvalue weighted by Gasteiger charge is 2.19. The Morgan fingerprint density at radius 2 is 2.14 bits per heavy atom. The third-order valence-electron chi connectivity index (χ3n) is 2.17. The summed E-state index contributed by atoms with van der Waals surface area (Å²) in [5.41, 5.74) is -0.431. The molecule has 0 radical (unpaired) electrons. The fourth-order valence-corrected chi connectivity index (χ4v) is 1.42. The normalized spacial score (nSPS) is 10.7. The number of rotatable bonds is 4. The van der Waals surface area contributed by atoms with Gasteiger partial charge in [0.05, 0.1) is 6.54 Å². The van der Waals surface area contributed by atoms with Crippen molar-refractivity contribution in [1.29, 1.82) is 5.26 Å². The van der Waals surface area contributed by atoms with E-state index in [0.717, 1.165) is 0 Å². The van der Waals surface area contributed by atoms with Gasteiger partial charge in [-0.1, -0.05) is 0 Å². The highest BCUT2D eigenvalue weighted by molar-refractivity contribution is 6.28. The van der Waals surface area contributed by atoms with Gasteiger partial charge >= 0.3 is 6.09 Å². The van der Waals surface area contributed by atoms with Crippen LogP contribution >= 0.6 is 11.6 Å². The van der Waals surface area contributed by atoms with E-state index in [1.807, 2.05) is 6.07 Å². The number of carbonyl (C=O) groups is 1. The smallest absolute Gasteiger partial charge is 0.410 e. The molecule has 1 amide bonds.